The van der Waals surface area contributed by atoms with Gasteiger partial charge >= 0.3 is 5.97 Å². The minimum atomic E-state index is -0.717. The molecule has 0 radical (unpaired) electrons. The van der Waals surface area contributed by atoms with Gasteiger partial charge in [0.1, 0.15) is 18.6 Å². The van der Waals surface area contributed by atoms with Gasteiger partial charge in [-0.05, 0) is 67.0 Å². The third-order valence-corrected chi connectivity index (χ3v) is 9.12. The first-order chi connectivity index (χ1) is 18.8. The molecule has 3 atom stereocenters. The van der Waals surface area contributed by atoms with Gasteiger partial charge in [-0.25, -0.2) is 4.98 Å². The van der Waals surface area contributed by atoms with Crippen LogP contribution in [0.15, 0.2) is 41.8 Å². The Bertz CT molecular complexity index is 1310. The van der Waals surface area contributed by atoms with E-state index in [2.05, 4.69) is 22.8 Å². The second-order valence-corrected chi connectivity index (χ2v) is 12.0. The Hall–Kier alpha value is -2.65. The van der Waals surface area contributed by atoms with Crippen molar-refractivity contribution in [1.82, 2.24) is 9.88 Å². The highest BCUT2D eigenvalue weighted by Gasteiger charge is 2.32. The minimum absolute atomic E-state index is 0.0595. The van der Waals surface area contributed by atoms with E-state index in [4.69, 9.17) is 21.3 Å². The summed E-state index contributed by atoms with van der Waals surface area (Å²) < 4.78 is 6.30. The summed E-state index contributed by atoms with van der Waals surface area (Å²) in [4.78, 5) is 20.7. The summed E-state index contributed by atoms with van der Waals surface area (Å²) in [5.74, 6) is -0.264. The van der Waals surface area contributed by atoms with E-state index in [9.17, 15) is 15.0 Å². The molecule has 7 nitrogen and oxygen atoms in total. The lowest BCUT2D eigenvalue weighted by Crippen LogP contribution is -2.42. The molecule has 2 aromatic carbocycles. The molecule has 2 aliphatic heterocycles. The number of hydrogen-bond donors (Lipinski definition) is 2. The number of rotatable bonds is 8. The van der Waals surface area contributed by atoms with Gasteiger partial charge in [-0.15, -0.1) is 11.3 Å². The van der Waals surface area contributed by atoms with E-state index in [1.807, 2.05) is 42.6 Å². The Morgan fingerprint density at radius 2 is 1.97 bits per heavy atom. The number of ether oxygens (including phenoxy) is 1. The average molecular weight is 570 g/mol. The van der Waals surface area contributed by atoms with Crippen molar-refractivity contribution in [3.05, 3.63) is 63.5 Å². The SMILES string of the molecule is Cc1cc(C(O)N2CCCCC2)ccc1COc1ccc(Cl)cc1-c1csc(N2CCC(C(=O)O)C(C)C2)n1. The second kappa shape index (κ2) is 12.3. The van der Waals surface area contributed by atoms with E-state index < -0.39 is 12.2 Å². The maximum atomic E-state index is 11.5. The van der Waals surface area contributed by atoms with Crippen LogP contribution in [0.1, 0.15) is 55.5 Å². The summed E-state index contributed by atoms with van der Waals surface area (Å²) in [5, 5.41) is 23.8. The highest BCUT2D eigenvalue weighted by atomic mass is 35.5. The van der Waals surface area contributed by atoms with Crippen LogP contribution in [0.5, 0.6) is 5.75 Å². The van der Waals surface area contributed by atoms with Crippen molar-refractivity contribution >= 4 is 34.0 Å². The zero-order valence-electron chi connectivity index (χ0n) is 22.5. The number of aliphatic carboxylic acids is 1. The molecule has 2 aliphatic rings. The lowest BCUT2D eigenvalue weighted by molar-refractivity contribution is -0.144. The summed E-state index contributed by atoms with van der Waals surface area (Å²) in [5.41, 5.74) is 4.67. The number of aryl methyl sites for hydroxylation is 1. The first-order valence-corrected chi connectivity index (χ1v) is 14.9. The molecule has 0 amide bonds. The summed E-state index contributed by atoms with van der Waals surface area (Å²) >= 11 is 7.92. The van der Waals surface area contributed by atoms with Crippen molar-refractivity contribution in [2.45, 2.75) is 52.4 Å². The second-order valence-electron chi connectivity index (χ2n) is 10.8. The monoisotopic (exact) mass is 569 g/mol. The highest BCUT2D eigenvalue weighted by Crippen LogP contribution is 2.37. The van der Waals surface area contributed by atoms with E-state index in [1.54, 1.807) is 11.3 Å². The number of aliphatic hydroxyl groups excluding tert-OH is 1. The van der Waals surface area contributed by atoms with Gasteiger partial charge in [-0.3, -0.25) is 9.69 Å². The van der Waals surface area contributed by atoms with Crippen LogP contribution in [0, 0.1) is 18.8 Å². The van der Waals surface area contributed by atoms with Crippen molar-refractivity contribution < 1.29 is 19.7 Å². The fourth-order valence-electron chi connectivity index (χ4n) is 5.62. The van der Waals surface area contributed by atoms with E-state index in [-0.39, 0.29) is 11.8 Å². The lowest BCUT2D eigenvalue weighted by atomic mass is 9.87. The smallest absolute Gasteiger partial charge is 0.306 e. The van der Waals surface area contributed by atoms with Crippen molar-refractivity contribution in [3.8, 4) is 17.0 Å². The molecule has 39 heavy (non-hydrogen) atoms. The van der Waals surface area contributed by atoms with Crippen LogP contribution >= 0.6 is 22.9 Å². The maximum absolute atomic E-state index is 11.5. The van der Waals surface area contributed by atoms with Gasteiger partial charge in [0.25, 0.3) is 0 Å². The summed E-state index contributed by atoms with van der Waals surface area (Å²) in [7, 11) is 0. The van der Waals surface area contributed by atoms with Crippen molar-refractivity contribution in [2.75, 3.05) is 31.1 Å². The van der Waals surface area contributed by atoms with Gasteiger partial charge in [0.15, 0.2) is 5.13 Å². The van der Waals surface area contributed by atoms with E-state index >= 15 is 0 Å². The predicted molar refractivity (Wildman–Crippen MR) is 156 cm³/mol. The molecule has 1 aromatic heterocycles. The fraction of sp³-hybridized carbons (Fsp3) is 0.467. The Morgan fingerprint density at radius 1 is 1.18 bits per heavy atom. The van der Waals surface area contributed by atoms with Gasteiger partial charge in [0.05, 0.1) is 11.6 Å². The molecule has 3 aromatic rings. The number of aromatic nitrogens is 1. The van der Waals surface area contributed by atoms with Crippen LogP contribution in [-0.2, 0) is 11.4 Å². The van der Waals surface area contributed by atoms with Gasteiger partial charge in [-0.1, -0.05) is 43.1 Å². The number of hydrogen-bond acceptors (Lipinski definition) is 7. The average Bonchev–Trinajstić information content (AvgIpc) is 3.43. The molecule has 2 fully saturated rings. The van der Waals surface area contributed by atoms with Crippen molar-refractivity contribution in [1.29, 1.82) is 0 Å². The number of halogens is 1. The molecule has 208 valence electrons. The molecule has 0 aliphatic carbocycles. The molecular formula is C30H36ClN3O4S. The van der Waals surface area contributed by atoms with Crippen LogP contribution in [0.25, 0.3) is 11.3 Å². The van der Waals surface area contributed by atoms with Gasteiger partial charge in [0.2, 0.25) is 0 Å². The van der Waals surface area contributed by atoms with Gasteiger partial charge in [-0.2, -0.15) is 0 Å². The molecule has 2 N–H and O–H groups in total. The lowest BCUT2D eigenvalue weighted by Gasteiger charge is -2.34. The first-order valence-electron chi connectivity index (χ1n) is 13.7. The minimum Gasteiger partial charge on any atom is -0.488 e. The quantitative estimate of drug-likeness (QED) is 0.326. The highest BCUT2D eigenvalue weighted by molar-refractivity contribution is 7.14. The molecule has 3 heterocycles. The van der Waals surface area contributed by atoms with Crippen LogP contribution < -0.4 is 9.64 Å². The van der Waals surface area contributed by atoms with Gasteiger partial charge < -0.3 is 19.8 Å². The Labute approximate surface area is 239 Å². The predicted octanol–water partition coefficient (Wildman–Crippen LogP) is 6.37. The number of anilines is 1. The maximum Gasteiger partial charge on any atom is 0.306 e. The van der Waals surface area contributed by atoms with Crippen LogP contribution in [-0.4, -0.2) is 52.2 Å². The molecular weight excluding hydrogens is 534 g/mol. The number of nitrogens with zero attached hydrogens (tertiary/aromatic N) is 3. The number of carbonyl (C=O) groups is 1. The standard InChI is InChI=1S/C30H36ClN3O4S/c1-19-14-21(28(35)33-11-4-3-5-12-33)6-7-22(19)17-38-27-9-8-23(31)15-25(27)26-18-39-30(32-26)34-13-10-24(29(36)37)20(2)16-34/h6-9,14-15,18,20,24,28,35H,3-5,10-13,16-17H2,1-2H3,(H,36,37). The number of benzene rings is 2. The zero-order chi connectivity index (χ0) is 27.5. The topological polar surface area (TPSA) is 86.1 Å². The van der Waals surface area contributed by atoms with Crippen LogP contribution in [0.3, 0.4) is 0 Å². The normalized spacial score (nSPS) is 21.1. The molecule has 0 saturated carbocycles. The summed E-state index contributed by atoms with van der Waals surface area (Å²) in [6.07, 6.45) is 3.55. The zero-order valence-corrected chi connectivity index (χ0v) is 24.0. The Morgan fingerprint density at radius 3 is 2.69 bits per heavy atom. The number of piperidine rings is 2. The molecule has 9 heteroatoms. The van der Waals surface area contributed by atoms with Crippen molar-refractivity contribution in [2.24, 2.45) is 11.8 Å². The van der Waals surface area contributed by atoms with Crippen LogP contribution in [0.2, 0.25) is 5.02 Å². The van der Waals surface area contributed by atoms with Crippen molar-refractivity contribution in [3.63, 3.8) is 0 Å². The third kappa shape index (κ3) is 6.40. The number of aliphatic hydroxyl groups is 1. The van der Waals surface area contributed by atoms with Crippen LogP contribution in [0.4, 0.5) is 5.13 Å². The fourth-order valence-corrected chi connectivity index (χ4v) is 6.65. The molecule has 5 rings (SSSR count). The molecule has 3 unspecified atom stereocenters. The molecule has 0 bridgehead atoms. The Balaban J connectivity index is 1.28. The molecule has 0 spiro atoms. The molecule has 2 saturated heterocycles. The largest absolute Gasteiger partial charge is 0.488 e. The Kier molecular flexibility index (Phi) is 8.76. The third-order valence-electron chi connectivity index (χ3n) is 7.99. The first kappa shape index (κ1) is 27.9. The van der Waals surface area contributed by atoms with Gasteiger partial charge in [0, 0.05) is 42.1 Å². The van der Waals surface area contributed by atoms with E-state index in [1.165, 1.54) is 6.42 Å². The number of carboxylic acid groups (broad SMARTS) is 1. The van der Waals surface area contributed by atoms with E-state index in [0.29, 0.717) is 36.9 Å². The van der Waals surface area contributed by atoms with E-state index in [0.717, 1.165) is 59.0 Å². The number of likely N-dealkylation sites (tertiary alicyclic amines) is 1. The number of thiazole rings is 1. The summed E-state index contributed by atoms with van der Waals surface area (Å²) in [6.45, 7) is 7.64. The number of carboxylic acids is 1. The summed E-state index contributed by atoms with van der Waals surface area (Å²) in [6, 6.07) is 11.7.